The van der Waals surface area contributed by atoms with Crippen LogP contribution in [0.4, 0.5) is 0 Å². The molecule has 0 atom stereocenters. The average Bonchev–Trinajstić information content (AvgIpc) is 3.03. The largest absolute Gasteiger partial charge is 0.344 e. The number of halogens is 1. The van der Waals surface area contributed by atoms with Crippen LogP contribution in [0.5, 0.6) is 0 Å². The van der Waals surface area contributed by atoms with Crippen LogP contribution in [0.2, 0.25) is 5.15 Å². The first-order chi connectivity index (χ1) is 9.31. The Bertz CT molecular complexity index is 897. The Kier molecular flexibility index (Phi) is 2.27. The number of nitrogens with zero attached hydrogens (tertiary/aromatic N) is 4. The lowest BCUT2D eigenvalue weighted by Crippen LogP contribution is -1.88. The second kappa shape index (κ2) is 3.97. The molecule has 92 valence electrons. The van der Waals surface area contributed by atoms with Gasteiger partial charge in [-0.1, -0.05) is 11.6 Å². The molecule has 4 aromatic rings. The maximum absolute atomic E-state index is 5.89. The van der Waals surface area contributed by atoms with E-state index >= 15 is 0 Å². The van der Waals surface area contributed by atoms with Crippen molar-refractivity contribution >= 4 is 44.3 Å². The van der Waals surface area contributed by atoms with Crippen LogP contribution in [-0.2, 0) is 0 Å². The van der Waals surface area contributed by atoms with E-state index in [0.29, 0.717) is 22.1 Å². The number of nitrogens with one attached hydrogen (secondary N) is 1. The number of rotatable bonds is 1. The van der Waals surface area contributed by atoms with Crippen molar-refractivity contribution in [2.24, 2.45) is 0 Å². The third-order valence-electron chi connectivity index (χ3n) is 2.80. The molecule has 7 heteroatoms. The second-order valence-electron chi connectivity index (χ2n) is 3.97. The predicted molar refractivity (Wildman–Crippen MR) is 75.3 cm³/mol. The topological polar surface area (TPSA) is 67.3 Å². The summed E-state index contributed by atoms with van der Waals surface area (Å²) in [5.74, 6) is 0.623. The molecule has 19 heavy (non-hydrogen) atoms. The molecule has 0 aliphatic heterocycles. The summed E-state index contributed by atoms with van der Waals surface area (Å²) < 4.78 is 0. The minimum Gasteiger partial charge on any atom is -0.344 e. The molecule has 0 aliphatic rings. The van der Waals surface area contributed by atoms with E-state index in [1.54, 1.807) is 17.5 Å². The summed E-state index contributed by atoms with van der Waals surface area (Å²) in [6, 6.07) is 2.00. The van der Waals surface area contributed by atoms with E-state index in [4.69, 9.17) is 11.6 Å². The number of H-pyrrole nitrogens is 1. The molecule has 0 radical (unpaired) electrons. The molecule has 0 unspecified atom stereocenters. The van der Waals surface area contributed by atoms with Crippen molar-refractivity contribution in [3.05, 3.63) is 35.2 Å². The van der Waals surface area contributed by atoms with Crippen molar-refractivity contribution in [1.29, 1.82) is 0 Å². The first kappa shape index (κ1) is 10.8. The van der Waals surface area contributed by atoms with Crippen LogP contribution in [0.15, 0.2) is 30.0 Å². The molecule has 5 nitrogen and oxygen atoms in total. The minimum absolute atomic E-state index is 0.352. The standard InChI is InChI=1S/C12H6ClN5S/c13-8-5-16-11-9(17-8)7(4-15-11)10-14-3-6-1-2-19-12(6)18-10/h1-5H,(H,15,16). The van der Waals surface area contributed by atoms with Crippen molar-refractivity contribution in [2.75, 3.05) is 0 Å². The molecule has 0 saturated heterocycles. The van der Waals surface area contributed by atoms with Gasteiger partial charge in [0.2, 0.25) is 0 Å². The number of fused-ring (bicyclic) bond motifs is 2. The number of hydrogen-bond donors (Lipinski definition) is 1. The van der Waals surface area contributed by atoms with Gasteiger partial charge >= 0.3 is 0 Å². The van der Waals surface area contributed by atoms with E-state index in [2.05, 4.69) is 24.9 Å². The molecule has 0 aromatic carbocycles. The molecule has 4 aromatic heterocycles. The van der Waals surface area contributed by atoms with Crippen molar-refractivity contribution < 1.29 is 0 Å². The Morgan fingerprint density at radius 1 is 1.16 bits per heavy atom. The molecular formula is C12H6ClN5S. The van der Waals surface area contributed by atoms with E-state index < -0.39 is 0 Å². The van der Waals surface area contributed by atoms with Gasteiger partial charge in [0.15, 0.2) is 11.5 Å². The Morgan fingerprint density at radius 2 is 2.11 bits per heavy atom. The highest BCUT2D eigenvalue weighted by atomic mass is 35.5. The van der Waals surface area contributed by atoms with E-state index in [-0.39, 0.29) is 0 Å². The third-order valence-corrected chi connectivity index (χ3v) is 3.80. The average molecular weight is 288 g/mol. The van der Waals surface area contributed by atoms with Gasteiger partial charge in [-0.05, 0) is 11.4 Å². The fraction of sp³-hybridized carbons (Fsp3) is 0. The van der Waals surface area contributed by atoms with Gasteiger partial charge in [0.25, 0.3) is 0 Å². The highest BCUT2D eigenvalue weighted by molar-refractivity contribution is 7.16. The number of hydrogen-bond acceptors (Lipinski definition) is 5. The SMILES string of the molecule is Clc1cnc2[nH]cc(-c3ncc4ccsc4n3)c2n1. The summed E-state index contributed by atoms with van der Waals surface area (Å²) in [4.78, 5) is 21.4. The van der Waals surface area contributed by atoms with Crippen LogP contribution in [0.25, 0.3) is 32.8 Å². The van der Waals surface area contributed by atoms with Gasteiger partial charge in [0.05, 0.1) is 11.8 Å². The molecule has 0 fully saturated rings. The summed E-state index contributed by atoms with van der Waals surface area (Å²) in [5, 5.41) is 3.39. The lowest BCUT2D eigenvalue weighted by atomic mass is 10.3. The van der Waals surface area contributed by atoms with Crippen molar-refractivity contribution in [1.82, 2.24) is 24.9 Å². The Labute approximate surface area is 116 Å². The monoisotopic (exact) mass is 287 g/mol. The molecule has 0 spiro atoms. The smallest absolute Gasteiger partial charge is 0.164 e. The van der Waals surface area contributed by atoms with E-state index in [9.17, 15) is 0 Å². The molecular weight excluding hydrogens is 282 g/mol. The minimum atomic E-state index is 0.352. The predicted octanol–water partition coefficient (Wildman–Crippen LogP) is 3.28. The van der Waals surface area contributed by atoms with Gasteiger partial charge in [-0.2, -0.15) is 0 Å². The second-order valence-corrected chi connectivity index (χ2v) is 5.25. The first-order valence-corrected chi connectivity index (χ1v) is 6.77. The fourth-order valence-corrected chi connectivity index (χ4v) is 2.80. The molecule has 0 saturated carbocycles. The molecule has 4 rings (SSSR count). The van der Waals surface area contributed by atoms with Gasteiger partial charge < -0.3 is 4.98 Å². The fourth-order valence-electron chi connectivity index (χ4n) is 1.93. The van der Waals surface area contributed by atoms with Crippen LogP contribution in [0.1, 0.15) is 0 Å². The summed E-state index contributed by atoms with van der Waals surface area (Å²) >= 11 is 7.47. The van der Waals surface area contributed by atoms with Crippen LogP contribution < -0.4 is 0 Å². The van der Waals surface area contributed by atoms with Gasteiger partial charge in [-0.15, -0.1) is 11.3 Å². The zero-order chi connectivity index (χ0) is 12.8. The lowest BCUT2D eigenvalue weighted by molar-refractivity contribution is 1.24. The normalized spacial score (nSPS) is 11.4. The van der Waals surface area contributed by atoms with Crippen molar-refractivity contribution in [3.63, 3.8) is 0 Å². The molecule has 0 amide bonds. The summed E-state index contributed by atoms with van der Waals surface area (Å²) in [7, 11) is 0. The van der Waals surface area contributed by atoms with Gasteiger partial charge in [-0.3, -0.25) is 0 Å². The Morgan fingerprint density at radius 3 is 3.05 bits per heavy atom. The number of aromatic nitrogens is 5. The Balaban J connectivity index is 2.00. The van der Waals surface area contributed by atoms with Crippen molar-refractivity contribution in [2.45, 2.75) is 0 Å². The highest BCUT2D eigenvalue weighted by Crippen LogP contribution is 2.26. The van der Waals surface area contributed by atoms with Crippen LogP contribution in [0, 0.1) is 0 Å². The zero-order valence-corrected chi connectivity index (χ0v) is 11.0. The molecule has 0 bridgehead atoms. The maximum Gasteiger partial charge on any atom is 0.164 e. The first-order valence-electron chi connectivity index (χ1n) is 5.51. The van der Waals surface area contributed by atoms with Crippen LogP contribution in [-0.4, -0.2) is 24.9 Å². The van der Waals surface area contributed by atoms with E-state index in [1.165, 1.54) is 6.20 Å². The maximum atomic E-state index is 5.89. The number of thiophene rings is 1. The third kappa shape index (κ3) is 1.68. The van der Waals surface area contributed by atoms with Crippen LogP contribution >= 0.6 is 22.9 Å². The van der Waals surface area contributed by atoms with Gasteiger partial charge in [-0.25, -0.2) is 19.9 Å². The van der Waals surface area contributed by atoms with Gasteiger partial charge in [0, 0.05) is 17.8 Å². The van der Waals surface area contributed by atoms with Gasteiger partial charge in [0.1, 0.15) is 15.5 Å². The van der Waals surface area contributed by atoms with Crippen LogP contribution in [0.3, 0.4) is 0 Å². The van der Waals surface area contributed by atoms with E-state index in [1.807, 2.05) is 17.6 Å². The summed E-state index contributed by atoms with van der Waals surface area (Å²) in [6.45, 7) is 0. The Hall–Kier alpha value is -2.05. The molecule has 4 heterocycles. The quantitative estimate of drug-likeness (QED) is 0.583. The van der Waals surface area contributed by atoms with Crippen molar-refractivity contribution in [3.8, 4) is 11.4 Å². The zero-order valence-electron chi connectivity index (χ0n) is 9.46. The molecule has 1 N–H and O–H groups in total. The lowest BCUT2D eigenvalue weighted by Gasteiger charge is -1.97. The summed E-state index contributed by atoms with van der Waals surface area (Å²) in [6.07, 6.45) is 5.12. The number of aromatic amines is 1. The van der Waals surface area contributed by atoms with E-state index in [0.717, 1.165) is 15.8 Å². The summed E-state index contributed by atoms with van der Waals surface area (Å²) in [5.41, 5.74) is 2.16. The molecule has 0 aliphatic carbocycles. The highest BCUT2D eigenvalue weighted by Gasteiger charge is 2.12.